The van der Waals surface area contributed by atoms with Gasteiger partial charge in [0.15, 0.2) is 0 Å². The molecule has 0 bridgehead atoms. The minimum Gasteiger partial charge on any atom is -0.381 e. The fraction of sp³-hybridized carbons (Fsp3) is 0.0714. The zero-order chi connectivity index (χ0) is 13.8. The number of primary amides is 1. The summed E-state index contributed by atoms with van der Waals surface area (Å²) < 4.78 is 0.845. The molecule has 0 unspecified atom stereocenters. The van der Waals surface area contributed by atoms with Crippen LogP contribution in [-0.4, -0.2) is 5.91 Å². The monoisotopic (exact) mass is 338 g/mol. The third-order valence-corrected chi connectivity index (χ3v) is 3.92. The number of hydrogen-bond acceptors (Lipinski definition) is 2. The van der Waals surface area contributed by atoms with E-state index in [1.807, 2.05) is 30.3 Å². The van der Waals surface area contributed by atoms with Crippen molar-refractivity contribution < 1.29 is 4.79 Å². The molecule has 0 radical (unpaired) electrons. The first-order valence-electron chi connectivity index (χ1n) is 5.64. The van der Waals surface area contributed by atoms with Crippen LogP contribution in [0.4, 0.5) is 5.69 Å². The van der Waals surface area contributed by atoms with Crippen LogP contribution in [0.15, 0.2) is 46.9 Å². The maximum absolute atomic E-state index is 11.3. The minimum absolute atomic E-state index is 0.425. The SMILES string of the molecule is NC(=O)c1ccccc1CNc1ccc(Br)c(Cl)c1. The van der Waals surface area contributed by atoms with Crippen LogP contribution in [0.25, 0.3) is 0 Å². The maximum Gasteiger partial charge on any atom is 0.249 e. The van der Waals surface area contributed by atoms with Crippen LogP contribution in [0.3, 0.4) is 0 Å². The fourth-order valence-corrected chi connectivity index (χ4v) is 2.15. The zero-order valence-corrected chi connectivity index (χ0v) is 12.3. The van der Waals surface area contributed by atoms with E-state index in [1.54, 1.807) is 12.1 Å². The fourth-order valence-electron chi connectivity index (χ4n) is 1.72. The van der Waals surface area contributed by atoms with Gasteiger partial charge in [-0.25, -0.2) is 0 Å². The third kappa shape index (κ3) is 3.49. The van der Waals surface area contributed by atoms with Crippen molar-refractivity contribution in [1.29, 1.82) is 0 Å². The molecule has 98 valence electrons. The van der Waals surface area contributed by atoms with Gasteiger partial charge in [-0.05, 0) is 45.8 Å². The van der Waals surface area contributed by atoms with Gasteiger partial charge in [0, 0.05) is 22.3 Å². The van der Waals surface area contributed by atoms with E-state index in [1.165, 1.54) is 0 Å². The molecule has 0 heterocycles. The van der Waals surface area contributed by atoms with Gasteiger partial charge in [0.2, 0.25) is 5.91 Å². The molecule has 19 heavy (non-hydrogen) atoms. The Morgan fingerprint density at radius 2 is 2.00 bits per heavy atom. The molecular formula is C14H12BrClN2O. The Morgan fingerprint density at radius 3 is 2.68 bits per heavy atom. The van der Waals surface area contributed by atoms with Crippen LogP contribution in [0.1, 0.15) is 15.9 Å². The predicted octanol–water partition coefficient (Wildman–Crippen LogP) is 3.81. The molecule has 0 saturated carbocycles. The highest BCUT2D eigenvalue weighted by Gasteiger charge is 2.07. The third-order valence-electron chi connectivity index (χ3n) is 2.69. The molecule has 0 aliphatic carbocycles. The second-order valence-electron chi connectivity index (χ2n) is 4.00. The average Bonchev–Trinajstić information content (AvgIpc) is 2.40. The summed E-state index contributed by atoms with van der Waals surface area (Å²) in [7, 11) is 0. The maximum atomic E-state index is 11.3. The largest absolute Gasteiger partial charge is 0.381 e. The van der Waals surface area contributed by atoms with Gasteiger partial charge in [-0.15, -0.1) is 0 Å². The second kappa shape index (κ2) is 6.08. The Bertz CT molecular complexity index is 616. The van der Waals surface area contributed by atoms with E-state index >= 15 is 0 Å². The molecule has 3 N–H and O–H groups in total. The highest BCUT2D eigenvalue weighted by atomic mass is 79.9. The molecule has 2 aromatic rings. The number of benzene rings is 2. The number of amides is 1. The summed E-state index contributed by atoms with van der Waals surface area (Å²) in [5.41, 5.74) is 7.60. The molecular weight excluding hydrogens is 328 g/mol. The summed E-state index contributed by atoms with van der Waals surface area (Å²) in [4.78, 5) is 11.3. The number of nitrogens with one attached hydrogen (secondary N) is 1. The number of rotatable bonds is 4. The van der Waals surface area contributed by atoms with Gasteiger partial charge in [0.05, 0.1) is 5.02 Å². The number of halogens is 2. The molecule has 1 amide bonds. The normalized spacial score (nSPS) is 10.2. The molecule has 0 aromatic heterocycles. The summed E-state index contributed by atoms with van der Waals surface area (Å²) in [6.07, 6.45) is 0. The van der Waals surface area contributed by atoms with Crippen molar-refractivity contribution in [2.75, 3.05) is 5.32 Å². The molecule has 5 heteroatoms. The van der Waals surface area contributed by atoms with E-state index in [0.29, 0.717) is 17.1 Å². The van der Waals surface area contributed by atoms with Crippen molar-refractivity contribution >= 4 is 39.1 Å². The van der Waals surface area contributed by atoms with Crippen LogP contribution < -0.4 is 11.1 Å². The molecule has 0 spiro atoms. The lowest BCUT2D eigenvalue weighted by Gasteiger charge is -2.10. The standard InChI is InChI=1S/C14H12BrClN2O/c15-12-6-5-10(7-13(12)16)18-8-9-3-1-2-4-11(9)14(17)19/h1-7,18H,8H2,(H2,17,19). The second-order valence-corrected chi connectivity index (χ2v) is 5.27. The summed E-state index contributed by atoms with van der Waals surface area (Å²) in [5.74, 6) is -0.425. The highest BCUT2D eigenvalue weighted by Crippen LogP contribution is 2.25. The number of hydrogen-bond donors (Lipinski definition) is 2. The first kappa shape index (κ1) is 13.9. The van der Waals surface area contributed by atoms with Crippen molar-refractivity contribution in [3.63, 3.8) is 0 Å². The van der Waals surface area contributed by atoms with Crippen LogP contribution in [0, 0.1) is 0 Å². The van der Waals surface area contributed by atoms with Crippen LogP contribution in [0.2, 0.25) is 5.02 Å². The van der Waals surface area contributed by atoms with Crippen molar-refractivity contribution in [3.8, 4) is 0 Å². The summed E-state index contributed by atoms with van der Waals surface area (Å²) in [6.45, 7) is 0.511. The first-order chi connectivity index (χ1) is 9.08. The van der Waals surface area contributed by atoms with E-state index < -0.39 is 5.91 Å². The van der Waals surface area contributed by atoms with Crippen molar-refractivity contribution in [1.82, 2.24) is 0 Å². The van der Waals surface area contributed by atoms with Crippen molar-refractivity contribution in [3.05, 3.63) is 63.1 Å². The quantitative estimate of drug-likeness (QED) is 0.890. The van der Waals surface area contributed by atoms with E-state index in [-0.39, 0.29) is 0 Å². The summed E-state index contributed by atoms with van der Waals surface area (Å²) >= 11 is 9.35. The van der Waals surface area contributed by atoms with E-state index in [0.717, 1.165) is 15.7 Å². The lowest BCUT2D eigenvalue weighted by atomic mass is 10.1. The summed E-state index contributed by atoms with van der Waals surface area (Å²) in [6, 6.07) is 12.8. The van der Waals surface area contributed by atoms with Gasteiger partial charge >= 0.3 is 0 Å². The molecule has 2 rings (SSSR count). The van der Waals surface area contributed by atoms with Gasteiger partial charge in [0.1, 0.15) is 0 Å². The average molecular weight is 340 g/mol. The van der Waals surface area contributed by atoms with Gasteiger partial charge in [-0.2, -0.15) is 0 Å². The Labute approximate surface area is 124 Å². The zero-order valence-electron chi connectivity index (χ0n) is 9.99. The van der Waals surface area contributed by atoms with Crippen LogP contribution in [0.5, 0.6) is 0 Å². The minimum atomic E-state index is -0.425. The number of carbonyl (C=O) groups is 1. The molecule has 0 fully saturated rings. The lowest BCUT2D eigenvalue weighted by molar-refractivity contribution is 0.0999. The topological polar surface area (TPSA) is 55.1 Å². The molecule has 0 atom stereocenters. The number of carbonyl (C=O) groups excluding carboxylic acids is 1. The number of anilines is 1. The molecule has 2 aromatic carbocycles. The van der Waals surface area contributed by atoms with Crippen molar-refractivity contribution in [2.45, 2.75) is 6.54 Å². The Hall–Kier alpha value is -1.52. The summed E-state index contributed by atoms with van der Waals surface area (Å²) in [5, 5.41) is 3.84. The van der Waals surface area contributed by atoms with Gasteiger partial charge in [-0.1, -0.05) is 29.8 Å². The van der Waals surface area contributed by atoms with E-state index in [2.05, 4.69) is 21.2 Å². The molecule has 0 aliphatic rings. The van der Waals surface area contributed by atoms with E-state index in [4.69, 9.17) is 17.3 Å². The first-order valence-corrected chi connectivity index (χ1v) is 6.81. The number of nitrogens with two attached hydrogens (primary N) is 1. The van der Waals surface area contributed by atoms with Gasteiger partial charge in [0.25, 0.3) is 0 Å². The van der Waals surface area contributed by atoms with Gasteiger partial charge < -0.3 is 11.1 Å². The Balaban J connectivity index is 2.14. The Morgan fingerprint density at radius 1 is 1.26 bits per heavy atom. The van der Waals surface area contributed by atoms with Gasteiger partial charge in [-0.3, -0.25) is 4.79 Å². The highest BCUT2D eigenvalue weighted by molar-refractivity contribution is 9.10. The van der Waals surface area contributed by atoms with Crippen LogP contribution in [-0.2, 0) is 6.54 Å². The Kier molecular flexibility index (Phi) is 4.45. The van der Waals surface area contributed by atoms with E-state index in [9.17, 15) is 4.79 Å². The molecule has 0 saturated heterocycles. The smallest absolute Gasteiger partial charge is 0.249 e. The van der Waals surface area contributed by atoms with Crippen LogP contribution >= 0.6 is 27.5 Å². The lowest BCUT2D eigenvalue weighted by Crippen LogP contribution is -2.15. The molecule has 3 nitrogen and oxygen atoms in total. The molecule has 0 aliphatic heterocycles. The van der Waals surface area contributed by atoms with Crippen molar-refractivity contribution in [2.24, 2.45) is 5.73 Å². The predicted molar refractivity (Wildman–Crippen MR) is 81.4 cm³/mol.